The first kappa shape index (κ1) is 12.9. The molecule has 0 saturated carbocycles. The Morgan fingerprint density at radius 3 is 2.62 bits per heavy atom. The Balaban J connectivity index is 2.95. The molecule has 0 aromatic heterocycles. The van der Waals surface area contributed by atoms with Gasteiger partial charge in [-0.1, -0.05) is 31.6 Å². The number of aldehydes is 1. The average Bonchev–Trinajstić information content (AvgIpc) is 2.19. The molecule has 0 aromatic rings. The summed E-state index contributed by atoms with van der Waals surface area (Å²) in [6, 6.07) is 0. The summed E-state index contributed by atoms with van der Waals surface area (Å²) >= 11 is 0. The summed E-state index contributed by atoms with van der Waals surface area (Å²) in [4.78, 5) is 22.1. The molecule has 0 aromatic carbocycles. The lowest BCUT2D eigenvalue weighted by Crippen LogP contribution is -2.28. The number of hydrogen-bond donors (Lipinski definition) is 0. The average molecular weight is 234 g/mol. The highest BCUT2D eigenvalue weighted by Crippen LogP contribution is 2.31. The van der Waals surface area contributed by atoms with Crippen LogP contribution in [0.15, 0.2) is 12.2 Å². The maximum absolute atomic E-state index is 11.4. The van der Waals surface area contributed by atoms with Crippen LogP contribution < -0.4 is 0 Å². The Morgan fingerprint density at radius 1 is 1.50 bits per heavy atom. The number of allylic oxidation sites excluding steroid dienone is 2. The number of carbonyl (C=O) groups is 2. The maximum atomic E-state index is 11.4. The number of hydrogen-bond acceptors (Lipinski definition) is 2. The van der Waals surface area contributed by atoms with Crippen LogP contribution in [0.2, 0.25) is 19.6 Å². The van der Waals surface area contributed by atoms with Crippen molar-refractivity contribution in [1.29, 1.82) is 0 Å². The molecule has 2 atom stereocenters. The Kier molecular flexibility index (Phi) is 3.54. The molecule has 1 aliphatic carbocycles. The molecule has 0 bridgehead atoms. The van der Waals surface area contributed by atoms with Crippen molar-refractivity contribution in [1.82, 2.24) is 0 Å². The fourth-order valence-corrected chi connectivity index (χ4v) is 2.21. The van der Waals surface area contributed by atoms with Crippen molar-refractivity contribution < 1.29 is 9.59 Å². The highest BCUT2D eigenvalue weighted by atomic mass is 28.3. The normalized spacial score (nSPS) is 29.5. The highest BCUT2D eigenvalue weighted by molar-refractivity contribution is 6.83. The van der Waals surface area contributed by atoms with E-state index in [4.69, 9.17) is 0 Å². The van der Waals surface area contributed by atoms with Crippen LogP contribution in [0.3, 0.4) is 0 Å². The van der Waals surface area contributed by atoms with Crippen LogP contribution in [0.1, 0.15) is 13.3 Å². The van der Waals surface area contributed by atoms with Crippen molar-refractivity contribution in [2.75, 3.05) is 0 Å². The Bertz CT molecular complexity index is 392. The van der Waals surface area contributed by atoms with E-state index in [-0.39, 0.29) is 11.2 Å². The van der Waals surface area contributed by atoms with Gasteiger partial charge in [0.2, 0.25) is 0 Å². The second-order valence-electron chi connectivity index (χ2n) is 5.60. The topological polar surface area (TPSA) is 34.1 Å². The van der Waals surface area contributed by atoms with Gasteiger partial charge in [0, 0.05) is 5.41 Å². The minimum Gasteiger partial charge on any atom is -0.303 e. The van der Waals surface area contributed by atoms with Crippen LogP contribution in [0, 0.1) is 22.8 Å². The van der Waals surface area contributed by atoms with Crippen molar-refractivity contribution in [3.63, 3.8) is 0 Å². The first-order chi connectivity index (χ1) is 7.26. The van der Waals surface area contributed by atoms with Crippen molar-refractivity contribution in [3.05, 3.63) is 12.2 Å². The molecule has 0 saturated heterocycles. The molecular formula is C13H18O2Si. The molecule has 86 valence electrons. The highest BCUT2D eigenvalue weighted by Gasteiger charge is 2.31. The standard InChI is InChI=1S/C13H18O2Si/c1-13(7-8-16(2,3)4)6-5-12(15)11(9-13)10-14/h5-6,10-11H,9H2,1-4H3. The van der Waals surface area contributed by atoms with Gasteiger partial charge >= 0.3 is 0 Å². The van der Waals surface area contributed by atoms with E-state index in [1.165, 1.54) is 6.08 Å². The smallest absolute Gasteiger partial charge is 0.165 e. The zero-order valence-corrected chi connectivity index (χ0v) is 11.3. The number of rotatable bonds is 1. The molecule has 0 radical (unpaired) electrons. The van der Waals surface area contributed by atoms with Gasteiger partial charge in [-0.2, -0.15) is 0 Å². The minimum atomic E-state index is -1.41. The van der Waals surface area contributed by atoms with Crippen molar-refractivity contribution >= 4 is 20.1 Å². The third-order valence-electron chi connectivity index (χ3n) is 2.51. The fraction of sp³-hybridized carbons (Fsp3) is 0.538. The summed E-state index contributed by atoms with van der Waals surface area (Å²) in [6.45, 7) is 8.52. The SMILES string of the molecule is CC1(C#C[Si](C)(C)C)C=CC(=O)C(C=O)C1. The summed E-state index contributed by atoms with van der Waals surface area (Å²) in [5.74, 6) is 2.63. The predicted molar refractivity (Wildman–Crippen MR) is 67.5 cm³/mol. The van der Waals surface area contributed by atoms with Crippen LogP contribution in [-0.4, -0.2) is 20.1 Å². The van der Waals surface area contributed by atoms with Crippen molar-refractivity contribution in [3.8, 4) is 11.5 Å². The van der Waals surface area contributed by atoms with E-state index in [1.54, 1.807) is 0 Å². The summed E-state index contributed by atoms with van der Waals surface area (Å²) in [5, 5.41) is 0. The van der Waals surface area contributed by atoms with Crippen molar-refractivity contribution in [2.24, 2.45) is 11.3 Å². The third-order valence-corrected chi connectivity index (χ3v) is 3.39. The van der Waals surface area contributed by atoms with Crippen LogP contribution in [-0.2, 0) is 9.59 Å². The van der Waals surface area contributed by atoms with E-state index in [0.29, 0.717) is 6.42 Å². The lowest BCUT2D eigenvalue weighted by Gasteiger charge is -2.26. The van der Waals surface area contributed by atoms with Gasteiger partial charge in [-0.15, -0.1) is 5.54 Å². The van der Waals surface area contributed by atoms with Crippen LogP contribution >= 0.6 is 0 Å². The first-order valence-electron chi connectivity index (χ1n) is 5.48. The molecule has 0 N–H and O–H groups in total. The van der Waals surface area contributed by atoms with Gasteiger partial charge in [-0.05, 0) is 19.4 Å². The molecule has 1 aliphatic rings. The Morgan fingerprint density at radius 2 is 2.12 bits per heavy atom. The van der Waals surface area contributed by atoms with E-state index in [0.717, 1.165) is 6.29 Å². The van der Waals surface area contributed by atoms with Gasteiger partial charge in [-0.3, -0.25) is 4.79 Å². The monoisotopic (exact) mass is 234 g/mol. The predicted octanol–water partition coefficient (Wildman–Crippen LogP) is 2.22. The Labute approximate surface area is 98.1 Å². The van der Waals surface area contributed by atoms with Crippen LogP contribution in [0.5, 0.6) is 0 Å². The van der Waals surface area contributed by atoms with Gasteiger partial charge in [0.05, 0.1) is 5.92 Å². The summed E-state index contributed by atoms with van der Waals surface area (Å²) < 4.78 is 0. The van der Waals surface area contributed by atoms with Crippen molar-refractivity contribution in [2.45, 2.75) is 33.0 Å². The molecule has 2 nitrogen and oxygen atoms in total. The molecule has 0 heterocycles. The first-order valence-corrected chi connectivity index (χ1v) is 8.98. The molecule has 0 amide bonds. The maximum Gasteiger partial charge on any atom is 0.165 e. The third kappa shape index (κ3) is 3.46. The summed E-state index contributed by atoms with van der Waals surface area (Å²) in [6.07, 6.45) is 4.59. The van der Waals surface area contributed by atoms with E-state index in [9.17, 15) is 9.59 Å². The van der Waals surface area contributed by atoms with E-state index in [1.807, 2.05) is 13.0 Å². The van der Waals surface area contributed by atoms with Crippen LogP contribution in [0.4, 0.5) is 0 Å². The van der Waals surface area contributed by atoms with Crippen LogP contribution in [0.25, 0.3) is 0 Å². The lowest BCUT2D eigenvalue weighted by molar-refractivity contribution is -0.125. The fourth-order valence-electron chi connectivity index (χ4n) is 1.55. The summed E-state index contributed by atoms with van der Waals surface area (Å²) in [5.41, 5.74) is 2.98. The second-order valence-corrected chi connectivity index (χ2v) is 10.3. The number of carbonyl (C=O) groups excluding carboxylic acids is 2. The molecule has 0 aliphatic heterocycles. The van der Waals surface area contributed by atoms with Gasteiger partial charge in [0.1, 0.15) is 14.4 Å². The Hall–Kier alpha value is -1.14. The van der Waals surface area contributed by atoms with Gasteiger partial charge in [0.15, 0.2) is 5.78 Å². The van der Waals surface area contributed by atoms with Gasteiger partial charge in [0.25, 0.3) is 0 Å². The summed E-state index contributed by atoms with van der Waals surface area (Å²) in [7, 11) is -1.41. The molecule has 16 heavy (non-hydrogen) atoms. The van der Waals surface area contributed by atoms with E-state index < -0.39 is 14.0 Å². The zero-order chi connectivity index (χ0) is 12.4. The van der Waals surface area contributed by atoms with Gasteiger partial charge < -0.3 is 4.79 Å². The molecule has 3 heteroatoms. The lowest BCUT2D eigenvalue weighted by atomic mass is 9.76. The molecule has 0 fully saturated rings. The minimum absolute atomic E-state index is 0.0951. The molecule has 2 unspecified atom stereocenters. The largest absolute Gasteiger partial charge is 0.303 e. The second kappa shape index (κ2) is 4.38. The molecular weight excluding hydrogens is 216 g/mol. The van der Waals surface area contributed by atoms with Gasteiger partial charge in [-0.25, -0.2) is 0 Å². The zero-order valence-electron chi connectivity index (χ0n) is 10.3. The van der Waals surface area contributed by atoms with E-state index >= 15 is 0 Å². The number of ketones is 1. The molecule has 0 spiro atoms. The van der Waals surface area contributed by atoms with E-state index in [2.05, 4.69) is 31.1 Å². The molecule has 1 rings (SSSR count). The quantitative estimate of drug-likeness (QED) is 0.302.